The molecular weight excluding hydrogens is 238 g/mol. The van der Waals surface area contributed by atoms with Gasteiger partial charge in [0, 0.05) is 18.5 Å². The summed E-state index contributed by atoms with van der Waals surface area (Å²) in [6.45, 7) is 4.33. The van der Waals surface area contributed by atoms with Crippen LogP contribution in [0.5, 0.6) is 0 Å². The van der Waals surface area contributed by atoms with Gasteiger partial charge in [0.1, 0.15) is 0 Å². The molecule has 0 aromatic heterocycles. The SMILES string of the molecule is CCNC(=NCC1(c2ccccc2)CC1)NCCO. The summed E-state index contributed by atoms with van der Waals surface area (Å²) < 4.78 is 0. The summed E-state index contributed by atoms with van der Waals surface area (Å²) in [6.07, 6.45) is 2.42. The highest BCUT2D eigenvalue weighted by Crippen LogP contribution is 2.48. The summed E-state index contributed by atoms with van der Waals surface area (Å²) in [4.78, 5) is 4.64. The van der Waals surface area contributed by atoms with Crippen molar-refractivity contribution in [1.82, 2.24) is 10.6 Å². The monoisotopic (exact) mass is 261 g/mol. The van der Waals surface area contributed by atoms with Crippen LogP contribution in [0.15, 0.2) is 35.3 Å². The fourth-order valence-electron chi connectivity index (χ4n) is 2.23. The van der Waals surface area contributed by atoms with Crippen LogP contribution in [0.25, 0.3) is 0 Å². The summed E-state index contributed by atoms with van der Waals surface area (Å²) in [6, 6.07) is 10.6. The van der Waals surface area contributed by atoms with Crippen molar-refractivity contribution in [2.45, 2.75) is 25.2 Å². The molecule has 4 nitrogen and oxygen atoms in total. The Morgan fingerprint density at radius 1 is 1.26 bits per heavy atom. The average molecular weight is 261 g/mol. The lowest BCUT2D eigenvalue weighted by molar-refractivity contribution is 0.300. The fourth-order valence-corrected chi connectivity index (χ4v) is 2.23. The normalized spacial score (nSPS) is 17.1. The van der Waals surface area contributed by atoms with Crippen LogP contribution >= 0.6 is 0 Å². The minimum absolute atomic E-state index is 0.119. The van der Waals surface area contributed by atoms with Crippen LogP contribution in [-0.2, 0) is 5.41 Å². The Kier molecular flexibility index (Phi) is 4.80. The molecule has 0 saturated heterocycles. The number of nitrogens with zero attached hydrogens (tertiary/aromatic N) is 1. The summed E-state index contributed by atoms with van der Waals surface area (Å²) >= 11 is 0. The summed E-state index contributed by atoms with van der Waals surface area (Å²) in [5.41, 5.74) is 1.62. The Morgan fingerprint density at radius 3 is 2.58 bits per heavy atom. The Balaban J connectivity index is 1.99. The second-order valence-electron chi connectivity index (χ2n) is 4.99. The van der Waals surface area contributed by atoms with Gasteiger partial charge in [-0.25, -0.2) is 0 Å². The molecule has 0 spiro atoms. The zero-order chi connectivity index (χ0) is 13.6. The molecule has 1 aliphatic carbocycles. The molecule has 104 valence electrons. The minimum Gasteiger partial charge on any atom is -0.395 e. The first-order chi connectivity index (χ1) is 9.30. The van der Waals surface area contributed by atoms with Gasteiger partial charge in [-0.3, -0.25) is 4.99 Å². The molecule has 19 heavy (non-hydrogen) atoms. The third-order valence-corrected chi connectivity index (χ3v) is 3.53. The number of aliphatic hydroxyl groups excluding tert-OH is 1. The van der Waals surface area contributed by atoms with Gasteiger partial charge in [-0.05, 0) is 25.3 Å². The van der Waals surface area contributed by atoms with E-state index in [0.29, 0.717) is 6.54 Å². The van der Waals surface area contributed by atoms with Gasteiger partial charge in [0.25, 0.3) is 0 Å². The van der Waals surface area contributed by atoms with E-state index in [1.807, 2.05) is 6.92 Å². The van der Waals surface area contributed by atoms with E-state index in [-0.39, 0.29) is 12.0 Å². The molecule has 1 aliphatic rings. The zero-order valence-electron chi connectivity index (χ0n) is 11.5. The van der Waals surface area contributed by atoms with Crippen molar-refractivity contribution in [3.63, 3.8) is 0 Å². The van der Waals surface area contributed by atoms with Crippen LogP contribution in [0.1, 0.15) is 25.3 Å². The van der Waals surface area contributed by atoms with Crippen LogP contribution < -0.4 is 10.6 Å². The summed E-state index contributed by atoms with van der Waals surface area (Å²) in [5.74, 6) is 0.791. The van der Waals surface area contributed by atoms with Crippen molar-refractivity contribution in [3.05, 3.63) is 35.9 Å². The molecule has 0 heterocycles. The molecule has 1 fully saturated rings. The Bertz CT molecular complexity index is 413. The van der Waals surface area contributed by atoms with Crippen LogP contribution in [0, 0.1) is 0 Å². The number of aliphatic hydroxyl groups is 1. The number of aliphatic imine (C=N–C) groups is 1. The smallest absolute Gasteiger partial charge is 0.191 e. The molecule has 0 unspecified atom stereocenters. The van der Waals surface area contributed by atoms with Gasteiger partial charge in [-0.2, -0.15) is 0 Å². The maximum Gasteiger partial charge on any atom is 0.191 e. The van der Waals surface area contributed by atoms with Crippen molar-refractivity contribution in [2.24, 2.45) is 4.99 Å². The Hall–Kier alpha value is -1.55. The molecule has 2 rings (SSSR count). The number of hydrogen-bond donors (Lipinski definition) is 3. The third-order valence-electron chi connectivity index (χ3n) is 3.53. The average Bonchev–Trinajstić information content (AvgIpc) is 3.24. The van der Waals surface area contributed by atoms with E-state index < -0.39 is 0 Å². The molecule has 0 aliphatic heterocycles. The highest BCUT2D eigenvalue weighted by molar-refractivity contribution is 5.79. The van der Waals surface area contributed by atoms with Gasteiger partial charge in [-0.1, -0.05) is 30.3 Å². The first-order valence-corrected chi connectivity index (χ1v) is 6.99. The maximum absolute atomic E-state index is 8.86. The molecule has 1 aromatic carbocycles. The van der Waals surface area contributed by atoms with Gasteiger partial charge < -0.3 is 15.7 Å². The quantitative estimate of drug-likeness (QED) is 0.534. The van der Waals surface area contributed by atoms with Gasteiger partial charge in [0.2, 0.25) is 0 Å². The third kappa shape index (κ3) is 3.70. The summed E-state index contributed by atoms with van der Waals surface area (Å²) in [7, 11) is 0. The lowest BCUT2D eigenvalue weighted by Gasteiger charge is -2.15. The molecule has 3 N–H and O–H groups in total. The molecule has 0 bridgehead atoms. The number of benzene rings is 1. The Labute approximate surface area is 114 Å². The minimum atomic E-state index is 0.119. The second kappa shape index (κ2) is 6.57. The van der Waals surface area contributed by atoms with Crippen molar-refractivity contribution < 1.29 is 5.11 Å². The van der Waals surface area contributed by atoms with Crippen molar-refractivity contribution in [1.29, 1.82) is 0 Å². The van der Waals surface area contributed by atoms with Crippen LogP contribution in [0.2, 0.25) is 0 Å². The van der Waals surface area contributed by atoms with E-state index in [2.05, 4.69) is 46.0 Å². The molecule has 0 radical (unpaired) electrons. The second-order valence-corrected chi connectivity index (χ2v) is 4.99. The number of rotatable bonds is 6. The van der Waals surface area contributed by atoms with Crippen LogP contribution in [-0.4, -0.2) is 37.3 Å². The van der Waals surface area contributed by atoms with E-state index >= 15 is 0 Å². The van der Waals surface area contributed by atoms with E-state index in [0.717, 1.165) is 19.0 Å². The van der Waals surface area contributed by atoms with Crippen molar-refractivity contribution in [2.75, 3.05) is 26.2 Å². The summed E-state index contributed by atoms with van der Waals surface area (Å²) in [5, 5.41) is 15.2. The van der Waals surface area contributed by atoms with E-state index in [1.54, 1.807) is 0 Å². The molecule has 4 heteroatoms. The van der Waals surface area contributed by atoms with Crippen molar-refractivity contribution >= 4 is 5.96 Å². The lowest BCUT2D eigenvalue weighted by atomic mass is 9.96. The standard InChI is InChI=1S/C15H23N3O/c1-2-16-14(17-10-11-19)18-12-15(8-9-15)13-6-4-3-5-7-13/h3-7,19H,2,8-12H2,1H3,(H2,16,17,18). The molecule has 0 amide bonds. The lowest BCUT2D eigenvalue weighted by Crippen LogP contribution is -2.39. The van der Waals surface area contributed by atoms with E-state index in [1.165, 1.54) is 18.4 Å². The van der Waals surface area contributed by atoms with Gasteiger partial charge in [0.05, 0.1) is 13.2 Å². The fraction of sp³-hybridized carbons (Fsp3) is 0.533. The first kappa shape index (κ1) is 13.9. The number of nitrogens with one attached hydrogen (secondary N) is 2. The highest BCUT2D eigenvalue weighted by atomic mass is 16.3. The van der Waals surface area contributed by atoms with Gasteiger partial charge in [0.15, 0.2) is 5.96 Å². The predicted octanol–water partition coefficient (Wildman–Crippen LogP) is 1.27. The number of guanidine groups is 1. The molecular formula is C15H23N3O. The first-order valence-electron chi connectivity index (χ1n) is 6.99. The molecule has 0 atom stereocenters. The maximum atomic E-state index is 8.86. The predicted molar refractivity (Wildman–Crippen MR) is 78.4 cm³/mol. The van der Waals surface area contributed by atoms with Crippen LogP contribution in [0.4, 0.5) is 0 Å². The van der Waals surface area contributed by atoms with E-state index in [4.69, 9.17) is 5.11 Å². The molecule has 1 saturated carbocycles. The van der Waals surface area contributed by atoms with Gasteiger partial charge in [-0.15, -0.1) is 0 Å². The van der Waals surface area contributed by atoms with Crippen molar-refractivity contribution in [3.8, 4) is 0 Å². The van der Waals surface area contributed by atoms with Crippen LogP contribution in [0.3, 0.4) is 0 Å². The van der Waals surface area contributed by atoms with E-state index in [9.17, 15) is 0 Å². The topological polar surface area (TPSA) is 56.7 Å². The van der Waals surface area contributed by atoms with Gasteiger partial charge >= 0.3 is 0 Å². The zero-order valence-corrected chi connectivity index (χ0v) is 11.5. The number of hydrogen-bond acceptors (Lipinski definition) is 2. The molecule has 1 aromatic rings. The Morgan fingerprint density at radius 2 is 2.00 bits per heavy atom. The highest BCUT2D eigenvalue weighted by Gasteiger charge is 2.43. The largest absolute Gasteiger partial charge is 0.395 e.